The molecule has 0 saturated heterocycles. The molecule has 1 aromatic carbocycles. The van der Waals surface area contributed by atoms with Crippen LogP contribution in [0.15, 0.2) is 35.9 Å². The van der Waals surface area contributed by atoms with Crippen LogP contribution in [0.2, 0.25) is 0 Å². The van der Waals surface area contributed by atoms with Gasteiger partial charge in [-0.05, 0) is 80.2 Å². The maximum Gasteiger partial charge on any atom is 0.316 e. The maximum absolute atomic E-state index is 13.4. The van der Waals surface area contributed by atoms with E-state index in [0.717, 1.165) is 17.7 Å². The highest BCUT2D eigenvalue weighted by atomic mass is 32.2. The summed E-state index contributed by atoms with van der Waals surface area (Å²) >= 11 is 1.44. The van der Waals surface area contributed by atoms with E-state index in [9.17, 15) is 14.4 Å². The Bertz CT molecular complexity index is 1000. The highest BCUT2D eigenvalue weighted by molar-refractivity contribution is 7.99. The minimum absolute atomic E-state index is 0.0319. The molecule has 0 fully saturated rings. The predicted octanol–water partition coefficient (Wildman–Crippen LogP) is 7.04. The molecule has 1 aromatic rings. The average Bonchev–Trinajstić information content (AvgIpc) is 2.89. The number of hydrogen-bond donors (Lipinski definition) is 0. The molecule has 6 nitrogen and oxygen atoms in total. The van der Waals surface area contributed by atoms with Crippen molar-refractivity contribution in [2.45, 2.75) is 92.1 Å². The van der Waals surface area contributed by atoms with Crippen LogP contribution in [0.25, 0.3) is 0 Å². The number of benzene rings is 1. The van der Waals surface area contributed by atoms with Crippen LogP contribution in [0.5, 0.6) is 5.75 Å². The summed E-state index contributed by atoms with van der Waals surface area (Å²) in [4.78, 5) is 39.6. The molecule has 7 atom stereocenters. The second-order valence-corrected chi connectivity index (χ2v) is 12.6. The Morgan fingerprint density at radius 3 is 2.18 bits per heavy atom. The summed E-state index contributed by atoms with van der Waals surface area (Å²) in [6.07, 6.45) is 2.90. The Kier molecular flexibility index (Phi) is 12.6. The van der Waals surface area contributed by atoms with Crippen LogP contribution in [0, 0.1) is 29.6 Å². The lowest BCUT2D eigenvalue weighted by atomic mass is 9.76. The fraction of sp³-hybridized carbons (Fsp3) is 0.656. The number of carbonyl (C=O) groups excluding carboxylic acids is 3. The van der Waals surface area contributed by atoms with Crippen LogP contribution >= 0.6 is 11.8 Å². The smallest absolute Gasteiger partial charge is 0.316 e. The van der Waals surface area contributed by atoms with Gasteiger partial charge in [-0.15, -0.1) is 11.8 Å². The Morgan fingerprint density at radius 2 is 1.62 bits per heavy atom. The van der Waals surface area contributed by atoms with Gasteiger partial charge in [0, 0.05) is 11.7 Å². The zero-order chi connectivity index (χ0) is 29.3. The number of esters is 2. The van der Waals surface area contributed by atoms with Crippen molar-refractivity contribution in [2.75, 3.05) is 12.9 Å². The highest BCUT2D eigenvalue weighted by Gasteiger charge is 2.40. The van der Waals surface area contributed by atoms with E-state index in [-0.39, 0.29) is 29.3 Å². The Labute approximate surface area is 239 Å². The van der Waals surface area contributed by atoms with Gasteiger partial charge >= 0.3 is 11.9 Å². The summed E-state index contributed by atoms with van der Waals surface area (Å²) in [7, 11) is 1.62. The van der Waals surface area contributed by atoms with E-state index in [4.69, 9.17) is 14.2 Å². The van der Waals surface area contributed by atoms with Gasteiger partial charge in [0.15, 0.2) is 11.4 Å². The molecule has 7 heteroatoms. The third-order valence-electron chi connectivity index (χ3n) is 8.24. The van der Waals surface area contributed by atoms with Gasteiger partial charge in [0.05, 0.1) is 18.8 Å². The number of Topliss-reactive ketones (excluding diaryl/α,β-unsaturated/α-hetero) is 1. The quantitative estimate of drug-likeness (QED) is 0.331. The SMILES string of the molecule is CC[C@H]1OC(=O)[C@H](C)C[C@H](C)C(C)C(C)C[C@@H](C)C(=O)/C(C)=C/[C@]1(C)OC(=O)CSCc1ccc(OC)cc1. The summed E-state index contributed by atoms with van der Waals surface area (Å²) in [5, 5.41) is 0. The van der Waals surface area contributed by atoms with Gasteiger partial charge in [-0.3, -0.25) is 14.4 Å². The Morgan fingerprint density at radius 1 is 1.03 bits per heavy atom. The van der Waals surface area contributed by atoms with Gasteiger partial charge in [0.1, 0.15) is 11.9 Å². The van der Waals surface area contributed by atoms with Gasteiger partial charge < -0.3 is 14.2 Å². The summed E-state index contributed by atoms with van der Waals surface area (Å²) in [5.41, 5.74) is 0.326. The number of methoxy groups -OCH3 is 1. The van der Waals surface area contributed by atoms with E-state index >= 15 is 0 Å². The zero-order valence-electron chi connectivity index (χ0n) is 25.2. The van der Waals surface area contributed by atoms with E-state index < -0.39 is 17.7 Å². The van der Waals surface area contributed by atoms with Crippen molar-refractivity contribution in [1.29, 1.82) is 0 Å². The van der Waals surface area contributed by atoms with Crippen molar-refractivity contribution in [3.05, 3.63) is 41.5 Å². The Balaban J connectivity index is 2.28. The van der Waals surface area contributed by atoms with Crippen molar-refractivity contribution in [1.82, 2.24) is 0 Å². The first-order valence-corrected chi connectivity index (χ1v) is 15.3. The number of allylic oxidation sites excluding steroid dienone is 1. The topological polar surface area (TPSA) is 78.9 Å². The average molecular weight is 561 g/mol. The lowest BCUT2D eigenvalue weighted by molar-refractivity contribution is -0.178. The van der Waals surface area contributed by atoms with Gasteiger partial charge in [0.2, 0.25) is 0 Å². The van der Waals surface area contributed by atoms with Crippen LogP contribution in [0.4, 0.5) is 0 Å². The molecule has 0 N–H and O–H groups in total. The van der Waals surface area contributed by atoms with Crippen molar-refractivity contribution in [2.24, 2.45) is 29.6 Å². The van der Waals surface area contributed by atoms with Crippen LogP contribution in [-0.4, -0.2) is 42.3 Å². The van der Waals surface area contributed by atoms with Gasteiger partial charge in [-0.1, -0.05) is 53.7 Å². The summed E-state index contributed by atoms with van der Waals surface area (Å²) in [5.74, 6) is 1.42. The number of thioether (sulfide) groups is 1. The van der Waals surface area contributed by atoms with Crippen LogP contribution in [0.1, 0.15) is 80.2 Å². The van der Waals surface area contributed by atoms with Crippen LogP contribution in [0.3, 0.4) is 0 Å². The lowest BCUT2D eigenvalue weighted by Crippen LogP contribution is -2.46. The number of ether oxygens (including phenoxy) is 3. The first-order chi connectivity index (χ1) is 18.3. The van der Waals surface area contributed by atoms with E-state index in [0.29, 0.717) is 41.9 Å². The molecular weight excluding hydrogens is 512 g/mol. The molecule has 2 unspecified atom stereocenters. The second-order valence-electron chi connectivity index (χ2n) is 11.6. The fourth-order valence-electron chi connectivity index (χ4n) is 5.50. The third-order valence-corrected chi connectivity index (χ3v) is 9.21. The molecule has 0 saturated carbocycles. The number of carbonyl (C=O) groups is 3. The van der Waals surface area contributed by atoms with Gasteiger partial charge in [0.25, 0.3) is 0 Å². The highest BCUT2D eigenvalue weighted by Crippen LogP contribution is 2.34. The summed E-state index contributed by atoms with van der Waals surface area (Å²) in [6, 6.07) is 7.70. The van der Waals surface area contributed by atoms with E-state index in [1.54, 1.807) is 27.0 Å². The minimum atomic E-state index is -1.27. The molecule has 0 amide bonds. The standard InChI is InChI=1S/C32H48O6S/c1-10-28-32(8,38-29(33)19-39-18-26-11-13-27(36-9)14-12-26)17-24(6)30(34)22(4)15-20(2)25(7)21(3)16-23(5)31(35)37-28/h11-14,17,20-23,25,28H,10,15-16,18-19H2,1-9H3/b24-17+/t20?,21-,22+,23+,25?,28+,32-/m0/s1. The molecular formula is C32H48O6S. The number of ketones is 1. The van der Waals surface area contributed by atoms with Crippen LogP contribution < -0.4 is 4.74 Å². The first-order valence-electron chi connectivity index (χ1n) is 14.2. The summed E-state index contributed by atoms with van der Waals surface area (Å²) < 4.78 is 17.2. The molecule has 1 aliphatic rings. The fourth-order valence-corrected chi connectivity index (χ4v) is 6.25. The number of cyclic esters (lactones) is 1. The molecule has 0 radical (unpaired) electrons. The zero-order valence-corrected chi connectivity index (χ0v) is 26.1. The molecule has 0 bridgehead atoms. The molecule has 0 aromatic heterocycles. The van der Waals surface area contributed by atoms with E-state index in [1.165, 1.54) is 11.8 Å². The van der Waals surface area contributed by atoms with Gasteiger partial charge in [-0.2, -0.15) is 0 Å². The molecule has 0 spiro atoms. The summed E-state index contributed by atoms with van der Waals surface area (Å²) in [6.45, 7) is 15.8. The lowest BCUT2D eigenvalue weighted by Gasteiger charge is -2.36. The second kappa shape index (κ2) is 14.9. The molecule has 39 heavy (non-hydrogen) atoms. The first kappa shape index (κ1) is 32.9. The van der Waals surface area contributed by atoms with Crippen LogP contribution in [-0.2, 0) is 29.6 Å². The molecule has 0 aliphatic carbocycles. The number of rotatable bonds is 7. The van der Waals surface area contributed by atoms with E-state index in [2.05, 4.69) is 20.8 Å². The molecule has 2 rings (SSSR count). The molecule has 218 valence electrons. The largest absolute Gasteiger partial charge is 0.497 e. The third kappa shape index (κ3) is 9.40. The van der Waals surface area contributed by atoms with Crippen molar-refractivity contribution < 1.29 is 28.6 Å². The maximum atomic E-state index is 13.4. The molecule has 1 aliphatic heterocycles. The normalized spacial score (nSPS) is 32.4. The van der Waals surface area contributed by atoms with Crippen molar-refractivity contribution >= 4 is 29.5 Å². The number of hydrogen-bond acceptors (Lipinski definition) is 7. The van der Waals surface area contributed by atoms with E-state index in [1.807, 2.05) is 45.0 Å². The van der Waals surface area contributed by atoms with Gasteiger partial charge in [-0.25, -0.2) is 0 Å². The Hall–Kier alpha value is -2.28. The van der Waals surface area contributed by atoms with Crippen molar-refractivity contribution in [3.8, 4) is 5.75 Å². The van der Waals surface area contributed by atoms with Crippen molar-refractivity contribution in [3.63, 3.8) is 0 Å². The molecule has 1 heterocycles. The minimum Gasteiger partial charge on any atom is -0.497 e. The predicted molar refractivity (Wildman–Crippen MR) is 158 cm³/mol. The monoisotopic (exact) mass is 560 g/mol.